The van der Waals surface area contributed by atoms with Crippen molar-refractivity contribution in [3.05, 3.63) is 58.7 Å². The lowest BCUT2D eigenvalue weighted by molar-refractivity contribution is 0.384. The first kappa shape index (κ1) is 18.7. The quantitative estimate of drug-likeness (QED) is 0.699. The van der Waals surface area contributed by atoms with Crippen LogP contribution in [0.3, 0.4) is 0 Å². The van der Waals surface area contributed by atoms with Crippen LogP contribution in [-0.4, -0.2) is 28.0 Å². The molecule has 0 spiro atoms. The lowest BCUT2D eigenvalue weighted by Crippen LogP contribution is -2.44. The molecule has 1 aliphatic heterocycles. The maximum Gasteiger partial charge on any atom is 0.222 e. The minimum Gasteiger partial charge on any atom is -0.375 e. The van der Waals surface area contributed by atoms with E-state index in [0.717, 1.165) is 43.1 Å². The molecule has 0 aliphatic carbocycles. The van der Waals surface area contributed by atoms with Crippen LogP contribution in [0.5, 0.6) is 0 Å². The van der Waals surface area contributed by atoms with Crippen LogP contribution in [-0.2, 0) is 5.41 Å². The molecule has 1 aliphatic rings. The number of hydrogen-bond acceptors (Lipinski definition) is 7. The van der Waals surface area contributed by atoms with E-state index in [2.05, 4.69) is 75.5 Å². The molecule has 1 saturated heterocycles. The van der Waals surface area contributed by atoms with E-state index in [9.17, 15) is 0 Å². The van der Waals surface area contributed by atoms with Crippen molar-refractivity contribution in [3.63, 3.8) is 0 Å². The van der Waals surface area contributed by atoms with Crippen molar-refractivity contribution < 1.29 is 0 Å². The molecule has 0 atom stereocenters. The molecule has 4 N–H and O–H groups in total. The molecule has 7 heteroatoms. The van der Waals surface area contributed by atoms with E-state index in [1.807, 2.05) is 0 Å². The van der Waals surface area contributed by atoms with Gasteiger partial charge in [-0.1, -0.05) is 44.2 Å². The summed E-state index contributed by atoms with van der Waals surface area (Å²) < 4.78 is 0. The van der Waals surface area contributed by atoms with Gasteiger partial charge in [-0.15, -0.1) is 11.3 Å². The van der Waals surface area contributed by atoms with Crippen molar-refractivity contribution in [1.82, 2.24) is 15.0 Å². The van der Waals surface area contributed by atoms with Gasteiger partial charge in [-0.25, -0.2) is 9.97 Å². The van der Waals surface area contributed by atoms with Crippen molar-refractivity contribution in [2.24, 2.45) is 0 Å². The number of rotatable bonds is 4. The molecule has 4 rings (SSSR count). The van der Waals surface area contributed by atoms with Crippen LogP contribution in [0, 0.1) is 0 Å². The summed E-state index contributed by atoms with van der Waals surface area (Å²) >= 11 is 1.51. The van der Waals surface area contributed by atoms with E-state index in [1.165, 1.54) is 16.9 Å². The number of hydrogen-bond donors (Lipinski definition) is 2. The SMILES string of the molecule is CC(C)c1cc(N2CCC(c3ccccc3)(c3csc(N)n3)CC2)nc(N)n1. The third-order valence-corrected chi connectivity index (χ3v) is 6.29. The molecule has 3 aromatic rings. The molecule has 0 saturated carbocycles. The molecule has 0 radical (unpaired) electrons. The molecule has 28 heavy (non-hydrogen) atoms. The fourth-order valence-corrected chi connectivity index (χ4v) is 4.67. The van der Waals surface area contributed by atoms with Crippen molar-refractivity contribution in [2.75, 3.05) is 29.5 Å². The number of nitrogens with zero attached hydrogens (tertiary/aromatic N) is 4. The van der Waals surface area contributed by atoms with Gasteiger partial charge in [0.25, 0.3) is 0 Å². The zero-order chi connectivity index (χ0) is 19.7. The summed E-state index contributed by atoms with van der Waals surface area (Å²) in [7, 11) is 0. The van der Waals surface area contributed by atoms with E-state index in [1.54, 1.807) is 0 Å². The predicted molar refractivity (Wildman–Crippen MR) is 116 cm³/mol. The fourth-order valence-electron chi connectivity index (χ4n) is 4.00. The minimum absolute atomic E-state index is 0.120. The number of benzene rings is 1. The summed E-state index contributed by atoms with van der Waals surface area (Å²) in [6.07, 6.45) is 1.89. The van der Waals surface area contributed by atoms with Gasteiger partial charge in [-0.05, 0) is 24.3 Å². The second-order valence-electron chi connectivity index (χ2n) is 7.67. The summed E-state index contributed by atoms with van der Waals surface area (Å²) in [5.74, 6) is 1.57. The summed E-state index contributed by atoms with van der Waals surface area (Å²) in [5.41, 5.74) is 15.2. The number of aromatic nitrogens is 3. The zero-order valence-corrected chi connectivity index (χ0v) is 17.1. The molecule has 0 bridgehead atoms. The average molecular weight is 395 g/mol. The maximum absolute atomic E-state index is 5.97. The highest BCUT2D eigenvalue weighted by atomic mass is 32.1. The number of anilines is 3. The van der Waals surface area contributed by atoms with Crippen LogP contribution in [0.2, 0.25) is 0 Å². The van der Waals surface area contributed by atoms with Crippen LogP contribution in [0.1, 0.15) is 49.6 Å². The molecule has 1 fully saturated rings. The normalized spacial score (nSPS) is 16.5. The molecule has 0 unspecified atom stereocenters. The monoisotopic (exact) mass is 394 g/mol. The molecule has 146 valence electrons. The Balaban J connectivity index is 1.65. The Hall–Kier alpha value is -2.67. The Morgan fingerprint density at radius 1 is 1.04 bits per heavy atom. The second kappa shape index (κ2) is 7.39. The van der Waals surface area contributed by atoms with Gasteiger partial charge >= 0.3 is 0 Å². The van der Waals surface area contributed by atoms with Gasteiger partial charge in [0.1, 0.15) is 5.82 Å². The van der Waals surface area contributed by atoms with E-state index >= 15 is 0 Å². The molecule has 2 aromatic heterocycles. The molecular formula is C21H26N6S. The van der Waals surface area contributed by atoms with Gasteiger partial charge in [-0.3, -0.25) is 0 Å². The molecular weight excluding hydrogens is 368 g/mol. The van der Waals surface area contributed by atoms with Crippen LogP contribution in [0.4, 0.5) is 16.9 Å². The van der Waals surface area contributed by atoms with Gasteiger partial charge in [0.2, 0.25) is 5.95 Å². The lowest BCUT2D eigenvalue weighted by atomic mass is 9.70. The Morgan fingerprint density at radius 2 is 1.75 bits per heavy atom. The first-order valence-electron chi connectivity index (χ1n) is 9.64. The third kappa shape index (κ3) is 3.42. The molecule has 1 aromatic carbocycles. The number of thiazole rings is 1. The number of piperidine rings is 1. The van der Waals surface area contributed by atoms with Crippen molar-refractivity contribution in [2.45, 2.75) is 38.0 Å². The fraction of sp³-hybridized carbons (Fsp3) is 0.381. The van der Waals surface area contributed by atoms with Crippen LogP contribution < -0.4 is 16.4 Å². The lowest BCUT2D eigenvalue weighted by Gasteiger charge is -2.42. The van der Waals surface area contributed by atoms with Crippen LogP contribution in [0.25, 0.3) is 0 Å². The van der Waals surface area contributed by atoms with Gasteiger partial charge in [0.15, 0.2) is 5.13 Å². The van der Waals surface area contributed by atoms with Crippen molar-refractivity contribution in [1.29, 1.82) is 0 Å². The van der Waals surface area contributed by atoms with E-state index < -0.39 is 0 Å². The standard InChI is InChI=1S/C21H26N6S/c1-14(2)16-12-18(26-19(22)24-16)27-10-8-21(9-11-27,15-6-4-3-5-7-15)17-13-28-20(23)25-17/h3-7,12-14H,8-11H2,1-2H3,(H2,23,25)(H2,22,24,26). The molecule has 0 amide bonds. The van der Waals surface area contributed by atoms with Crippen LogP contribution in [0.15, 0.2) is 41.8 Å². The minimum atomic E-state index is -0.120. The highest BCUT2D eigenvalue weighted by Gasteiger charge is 2.40. The van der Waals surface area contributed by atoms with Gasteiger partial charge in [0.05, 0.1) is 11.4 Å². The number of nitrogens with two attached hydrogens (primary N) is 2. The highest BCUT2D eigenvalue weighted by Crippen LogP contribution is 2.43. The van der Waals surface area contributed by atoms with Gasteiger partial charge in [-0.2, -0.15) is 4.98 Å². The summed E-state index contributed by atoms with van der Waals surface area (Å²) in [6.45, 7) is 5.99. The second-order valence-corrected chi connectivity index (χ2v) is 8.56. The molecule has 3 heterocycles. The highest BCUT2D eigenvalue weighted by molar-refractivity contribution is 7.13. The Bertz CT molecular complexity index is 945. The zero-order valence-electron chi connectivity index (χ0n) is 16.3. The predicted octanol–water partition coefficient (Wildman–Crippen LogP) is 3.81. The largest absolute Gasteiger partial charge is 0.375 e. The van der Waals surface area contributed by atoms with Crippen LogP contribution >= 0.6 is 11.3 Å². The Kier molecular flexibility index (Phi) is 4.93. The first-order valence-corrected chi connectivity index (χ1v) is 10.5. The summed E-state index contributed by atoms with van der Waals surface area (Å²) in [6, 6.07) is 12.7. The Labute approximate surface area is 169 Å². The first-order chi connectivity index (χ1) is 13.5. The topological polar surface area (TPSA) is 94.0 Å². The van der Waals surface area contributed by atoms with Gasteiger partial charge in [0, 0.05) is 30.0 Å². The van der Waals surface area contributed by atoms with E-state index in [-0.39, 0.29) is 5.41 Å². The smallest absolute Gasteiger partial charge is 0.222 e. The van der Waals surface area contributed by atoms with Crippen molar-refractivity contribution >= 4 is 28.2 Å². The average Bonchev–Trinajstić information content (AvgIpc) is 3.15. The Morgan fingerprint density at radius 3 is 2.36 bits per heavy atom. The van der Waals surface area contributed by atoms with E-state index in [4.69, 9.17) is 11.5 Å². The summed E-state index contributed by atoms with van der Waals surface area (Å²) in [5, 5.41) is 2.73. The number of nitrogen functional groups attached to an aromatic ring is 2. The summed E-state index contributed by atoms with van der Waals surface area (Å²) in [4.78, 5) is 15.8. The van der Waals surface area contributed by atoms with E-state index in [0.29, 0.717) is 17.0 Å². The molecule has 6 nitrogen and oxygen atoms in total. The maximum atomic E-state index is 5.97. The third-order valence-electron chi connectivity index (χ3n) is 5.62. The van der Waals surface area contributed by atoms with Crippen molar-refractivity contribution in [3.8, 4) is 0 Å². The van der Waals surface area contributed by atoms with Gasteiger partial charge < -0.3 is 16.4 Å².